The van der Waals surface area contributed by atoms with Gasteiger partial charge in [0.05, 0.1) is 5.92 Å². The third-order valence-electron chi connectivity index (χ3n) is 4.19. The summed E-state index contributed by atoms with van der Waals surface area (Å²) in [5, 5.41) is 6.24. The van der Waals surface area contributed by atoms with Crippen molar-refractivity contribution in [2.75, 3.05) is 5.32 Å². The highest BCUT2D eigenvalue weighted by Crippen LogP contribution is 2.27. The number of hydrogen-bond acceptors (Lipinski definition) is 5. The lowest BCUT2D eigenvalue weighted by Crippen LogP contribution is -2.18. The molecule has 4 nitrogen and oxygen atoms in total. The summed E-state index contributed by atoms with van der Waals surface area (Å²) in [6.07, 6.45) is 4.58. The van der Waals surface area contributed by atoms with Crippen LogP contribution in [-0.4, -0.2) is 15.9 Å². The maximum absolute atomic E-state index is 12.6. The number of carbonyl (C=O) groups is 1. The van der Waals surface area contributed by atoms with Crippen molar-refractivity contribution in [3.63, 3.8) is 0 Å². The van der Waals surface area contributed by atoms with Gasteiger partial charge < -0.3 is 5.32 Å². The van der Waals surface area contributed by atoms with E-state index < -0.39 is 0 Å². The number of nitrogens with zero attached hydrogens (tertiary/aromatic N) is 2. The van der Waals surface area contributed by atoms with E-state index in [2.05, 4.69) is 28.8 Å². The number of aryl methyl sites for hydroxylation is 1. The highest BCUT2D eigenvalue weighted by Gasteiger charge is 2.17. The summed E-state index contributed by atoms with van der Waals surface area (Å²) in [5.41, 5.74) is 3.02. The molecular weight excluding hydrogens is 374 g/mol. The number of hydrogen-bond donors (Lipinski definition) is 1. The van der Waals surface area contributed by atoms with E-state index in [9.17, 15) is 4.79 Å². The summed E-state index contributed by atoms with van der Waals surface area (Å²) >= 11 is 3.01. The van der Waals surface area contributed by atoms with Gasteiger partial charge in [-0.15, -0.1) is 11.3 Å². The SMILES string of the molecule is C=CSc1ccc(-c2cccc([C@H](C)C(=O)Nc3ncc(CC)s3)c2)cn1. The predicted molar refractivity (Wildman–Crippen MR) is 114 cm³/mol. The molecule has 0 unspecified atom stereocenters. The molecule has 2 heterocycles. The van der Waals surface area contributed by atoms with Crippen molar-refractivity contribution in [1.29, 1.82) is 0 Å². The van der Waals surface area contributed by atoms with Crippen molar-refractivity contribution < 1.29 is 4.79 Å². The van der Waals surface area contributed by atoms with Gasteiger partial charge in [-0.2, -0.15) is 0 Å². The molecule has 0 aliphatic heterocycles. The van der Waals surface area contributed by atoms with Crippen LogP contribution in [0.1, 0.15) is 30.2 Å². The number of amides is 1. The van der Waals surface area contributed by atoms with Crippen molar-refractivity contribution >= 4 is 34.1 Å². The van der Waals surface area contributed by atoms with Crippen molar-refractivity contribution in [3.05, 3.63) is 71.2 Å². The number of aromatic nitrogens is 2. The maximum atomic E-state index is 12.6. The molecular formula is C21H21N3OS2. The summed E-state index contributed by atoms with van der Waals surface area (Å²) < 4.78 is 0. The van der Waals surface area contributed by atoms with Gasteiger partial charge in [-0.25, -0.2) is 9.97 Å². The van der Waals surface area contributed by atoms with E-state index in [0.717, 1.165) is 33.0 Å². The minimum atomic E-state index is -0.275. The molecule has 1 aromatic carbocycles. The van der Waals surface area contributed by atoms with Crippen LogP contribution >= 0.6 is 23.1 Å². The molecule has 3 aromatic rings. The Morgan fingerprint density at radius 3 is 2.78 bits per heavy atom. The van der Waals surface area contributed by atoms with E-state index in [1.54, 1.807) is 5.41 Å². The first-order chi connectivity index (χ1) is 13.1. The van der Waals surface area contributed by atoms with Gasteiger partial charge >= 0.3 is 0 Å². The Hall–Kier alpha value is -2.44. The molecule has 0 fully saturated rings. The number of anilines is 1. The van der Waals surface area contributed by atoms with Gasteiger partial charge in [0.25, 0.3) is 0 Å². The molecule has 2 aromatic heterocycles. The highest BCUT2D eigenvalue weighted by molar-refractivity contribution is 8.02. The zero-order valence-corrected chi connectivity index (χ0v) is 16.9. The van der Waals surface area contributed by atoms with Gasteiger partial charge in [0.2, 0.25) is 5.91 Å². The van der Waals surface area contributed by atoms with Gasteiger partial charge in [0.15, 0.2) is 5.13 Å². The third-order valence-corrected chi connectivity index (χ3v) is 5.89. The molecule has 0 radical (unpaired) electrons. The van der Waals surface area contributed by atoms with Crippen molar-refractivity contribution in [1.82, 2.24) is 9.97 Å². The first-order valence-corrected chi connectivity index (χ1v) is 10.4. The Morgan fingerprint density at radius 2 is 2.11 bits per heavy atom. The molecule has 0 aliphatic rings. The first kappa shape index (κ1) is 19.3. The fourth-order valence-electron chi connectivity index (χ4n) is 2.59. The van der Waals surface area contributed by atoms with Crippen LogP contribution in [-0.2, 0) is 11.2 Å². The average molecular weight is 396 g/mol. The Morgan fingerprint density at radius 1 is 1.26 bits per heavy atom. The number of rotatable bonds is 7. The maximum Gasteiger partial charge on any atom is 0.233 e. The number of nitrogens with one attached hydrogen (secondary N) is 1. The Balaban J connectivity index is 1.75. The molecule has 0 saturated heterocycles. The third kappa shape index (κ3) is 4.84. The van der Waals surface area contributed by atoms with E-state index in [-0.39, 0.29) is 11.8 Å². The lowest BCUT2D eigenvalue weighted by Gasteiger charge is -2.13. The monoisotopic (exact) mass is 395 g/mol. The summed E-state index contributed by atoms with van der Waals surface area (Å²) in [6, 6.07) is 12.0. The fraction of sp³-hybridized carbons (Fsp3) is 0.190. The number of thioether (sulfide) groups is 1. The van der Waals surface area contributed by atoms with Crippen LogP contribution in [0.15, 0.2) is 65.8 Å². The molecule has 0 spiro atoms. The molecule has 0 saturated carbocycles. The lowest BCUT2D eigenvalue weighted by atomic mass is 9.96. The lowest BCUT2D eigenvalue weighted by molar-refractivity contribution is -0.117. The Bertz CT molecular complexity index is 935. The van der Waals surface area contributed by atoms with Crippen LogP contribution in [0.2, 0.25) is 0 Å². The second-order valence-electron chi connectivity index (χ2n) is 5.99. The van der Waals surface area contributed by atoms with Crippen molar-refractivity contribution in [3.8, 4) is 11.1 Å². The largest absolute Gasteiger partial charge is 0.301 e. The van der Waals surface area contributed by atoms with E-state index in [0.29, 0.717) is 5.13 Å². The van der Waals surface area contributed by atoms with Crippen LogP contribution in [0.3, 0.4) is 0 Å². The topological polar surface area (TPSA) is 54.9 Å². The summed E-state index contributed by atoms with van der Waals surface area (Å²) in [5.74, 6) is -0.331. The molecule has 0 bridgehead atoms. The minimum Gasteiger partial charge on any atom is -0.301 e. The normalized spacial score (nSPS) is 11.8. The van der Waals surface area contributed by atoms with Gasteiger partial charge in [-0.3, -0.25) is 4.79 Å². The van der Waals surface area contributed by atoms with Gasteiger partial charge in [-0.05, 0) is 35.9 Å². The van der Waals surface area contributed by atoms with Crippen LogP contribution in [0.25, 0.3) is 11.1 Å². The van der Waals surface area contributed by atoms with Crippen LogP contribution in [0, 0.1) is 0 Å². The molecule has 1 N–H and O–H groups in total. The smallest absolute Gasteiger partial charge is 0.233 e. The van der Waals surface area contributed by atoms with Crippen LogP contribution < -0.4 is 5.32 Å². The van der Waals surface area contributed by atoms with Crippen molar-refractivity contribution in [2.45, 2.75) is 31.2 Å². The molecule has 1 amide bonds. The predicted octanol–water partition coefficient (Wildman–Crippen LogP) is 5.75. The number of pyridine rings is 1. The molecule has 1 atom stereocenters. The van der Waals surface area contributed by atoms with E-state index >= 15 is 0 Å². The van der Waals surface area contributed by atoms with Gasteiger partial charge in [0.1, 0.15) is 5.03 Å². The second-order valence-corrected chi connectivity index (χ2v) is 8.09. The first-order valence-electron chi connectivity index (χ1n) is 8.70. The molecule has 3 rings (SSSR count). The van der Waals surface area contributed by atoms with Gasteiger partial charge in [-0.1, -0.05) is 55.6 Å². The van der Waals surface area contributed by atoms with Crippen LogP contribution in [0.5, 0.6) is 0 Å². The van der Waals surface area contributed by atoms with E-state index in [1.165, 1.54) is 23.1 Å². The number of thiazole rings is 1. The van der Waals surface area contributed by atoms with Gasteiger partial charge in [0, 0.05) is 22.8 Å². The standard InChI is InChI=1S/C21H21N3OS2/c1-4-18-13-23-21(27-18)24-20(25)14(3)15-7-6-8-16(11-15)17-9-10-19(22-12-17)26-5-2/h5-14H,2,4H2,1,3H3,(H,23,24,25)/t14-/m0/s1. The fourth-order valence-corrected chi connectivity index (χ4v) is 3.77. The van der Waals surface area contributed by atoms with E-state index in [4.69, 9.17) is 0 Å². The second kappa shape index (κ2) is 8.97. The highest BCUT2D eigenvalue weighted by atomic mass is 32.2. The molecule has 27 heavy (non-hydrogen) atoms. The Kier molecular flexibility index (Phi) is 6.42. The number of benzene rings is 1. The molecule has 0 aliphatic carbocycles. The molecule has 138 valence electrons. The van der Waals surface area contributed by atoms with E-state index in [1.807, 2.05) is 55.7 Å². The average Bonchev–Trinajstić information content (AvgIpc) is 3.16. The Labute approximate surface area is 167 Å². The molecule has 6 heteroatoms. The summed E-state index contributed by atoms with van der Waals surface area (Å²) in [4.78, 5) is 22.5. The zero-order valence-electron chi connectivity index (χ0n) is 15.3. The van der Waals surface area contributed by atoms with Crippen LogP contribution in [0.4, 0.5) is 5.13 Å². The van der Waals surface area contributed by atoms with Crippen molar-refractivity contribution in [2.24, 2.45) is 0 Å². The summed E-state index contributed by atoms with van der Waals surface area (Å²) in [6.45, 7) is 7.68. The zero-order chi connectivity index (χ0) is 19.2. The minimum absolute atomic E-state index is 0.0555. The summed E-state index contributed by atoms with van der Waals surface area (Å²) in [7, 11) is 0. The quantitative estimate of drug-likeness (QED) is 0.518. The number of carbonyl (C=O) groups excluding carboxylic acids is 1.